The van der Waals surface area contributed by atoms with Crippen LogP contribution in [0, 0.1) is 0 Å². The van der Waals surface area contributed by atoms with Gasteiger partial charge in [-0.25, -0.2) is 0 Å². The van der Waals surface area contributed by atoms with Crippen molar-refractivity contribution in [3.8, 4) is 11.5 Å². The monoisotopic (exact) mass is 367 g/mol. The Morgan fingerprint density at radius 2 is 1.80 bits per heavy atom. The van der Waals surface area contributed by atoms with E-state index in [1.807, 2.05) is 12.1 Å². The molecule has 0 radical (unpaired) electrons. The number of hydrogen-bond donors (Lipinski definition) is 0. The Labute approximate surface area is 147 Å². The zero-order chi connectivity index (χ0) is 18.0. The maximum atomic E-state index is 12.3. The van der Waals surface area contributed by atoms with Crippen LogP contribution in [0.3, 0.4) is 0 Å². The van der Waals surface area contributed by atoms with Gasteiger partial charge in [-0.3, -0.25) is 4.79 Å². The van der Waals surface area contributed by atoms with Crippen molar-refractivity contribution in [2.45, 2.75) is 0 Å². The zero-order valence-corrected chi connectivity index (χ0v) is 15.0. The minimum atomic E-state index is -3.43. The molecule has 0 N–H and O–H groups in total. The molecule has 0 aromatic heterocycles. The molecule has 0 atom stereocenters. The molecular formula is C16H21N3O5S. The summed E-state index contributed by atoms with van der Waals surface area (Å²) in [6.45, 7) is 1.55. The molecule has 1 amide bonds. The third-order valence-electron chi connectivity index (χ3n) is 4.15. The van der Waals surface area contributed by atoms with Crippen molar-refractivity contribution in [1.82, 2.24) is 13.5 Å². The van der Waals surface area contributed by atoms with Crippen LogP contribution in [0.15, 0.2) is 24.3 Å². The Balaban J connectivity index is 1.58. The molecule has 0 aliphatic carbocycles. The Morgan fingerprint density at radius 3 is 2.48 bits per heavy atom. The molecule has 0 spiro atoms. The second-order valence-electron chi connectivity index (χ2n) is 5.96. The minimum absolute atomic E-state index is 0.139. The van der Waals surface area contributed by atoms with Gasteiger partial charge in [-0.1, -0.05) is 6.07 Å². The van der Waals surface area contributed by atoms with Gasteiger partial charge in [-0.05, 0) is 23.8 Å². The van der Waals surface area contributed by atoms with E-state index in [1.165, 1.54) is 28.8 Å². The molecule has 9 heteroatoms. The molecule has 1 fully saturated rings. The molecular weight excluding hydrogens is 346 g/mol. The average molecular weight is 367 g/mol. The Hall–Kier alpha value is -2.10. The summed E-state index contributed by atoms with van der Waals surface area (Å²) in [7, 11) is -0.423. The van der Waals surface area contributed by atoms with Crippen molar-refractivity contribution in [2.24, 2.45) is 0 Å². The van der Waals surface area contributed by atoms with E-state index in [0.29, 0.717) is 37.7 Å². The standard InChI is InChI=1S/C16H21N3O5S/c1-17(2)25(21,22)19-9-7-18(8-10-19)16(20)6-4-13-3-5-14-15(11-13)24-12-23-14/h3-6,11H,7-10,12H2,1-2H3/b6-4+. The summed E-state index contributed by atoms with van der Waals surface area (Å²) in [6, 6.07) is 5.46. The number of hydrogen-bond acceptors (Lipinski definition) is 5. The lowest BCUT2D eigenvalue weighted by Gasteiger charge is -2.34. The maximum Gasteiger partial charge on any atom is 0.281 e. The van der Waals surface area contributed by atoms with Gasteiger partial charge in [0.1, 0.15) is 0 Å². The van der Waals surface area contributed by atoms with Crippen LogP contribution in [-0.4, -0.2) is 74.9 Å². The summed E-state index contributed by atoms with van der Waals surface area (Å²) in [5.41, 5.74) is 0.839. The maximum absolute atomic E-state index is 12.3. The molecule has 25 heavy (non-hydrogen) atoms. The molecule has 0 saturated carbocycles. The van der Waals surface area contributed by atoms with Gasteiger partial charge in [0.15, 0.2) is 11.5 Å². The molecule has 2 heterocycles. The number of carbonyl (C=O) groups is 1. The van der Waals surface area contributed by atoms with Gasteiger partial charge in [0.05, 0.1) is 0 Å². The SMILES string of the molecule is CN(C)S(=O)(=O)N1CCN(C(=O)/C=C/c2ccc3c(c2)OCO3)CC1. The summed E-state index contributed by atoms with van der Waals surface area (Å²) >= 11 is 0. The van der Waals surface area contributed by atoms with Gasteiger partial charge < -0.3 is 14.4 Å². The highest BCUT2D eigenvalue weighted by atomic mass is 32.2. The van der Waals surface area contributed by atoms with Gasteiger partial charge in [-0.2, -0.15) is 17.0 Å². The molecule has 1 saturated heterocycles. The van der Waals surface area contributed by atoms with E-state index in [1.54, 1.807) is 17.0 Å². The number of fused-ring (bicyclic) bond motifs is 1. The Bertz CT molecular complexity index is 783. The fourth-order valence-electron chi connectivity index (χ4n) is 2.66. The Kier molecular flexibility index (Phi) is 4.98. The first-order valence-corrected chi connectivity index (χ1v) is 9.32. The fourth-order valence-corrected chi connectivity index (χ4v) is 3.75. The number of ether oxygens (including phenoxy) is 2. The third-order valence-corrected chi connectivity index (χ3v) is 6.09. The number of amides is 1. The van der Waals surface area contributed by atoms with Crippen molar-refractivity contribution >= 4 is 22.2 Å². The summed E-state index contributed by atoms with van der Waals surface area (Å²) < 4.78 is 37.3. The second kappa shape index (κ2) is 7.03. The van der Waals surface area contributed by atoms with Gasteiger partial charge in [-0.15, -0.1) is 0 Å². The highest BCUT2D eigenvalue weighted by molar-refractivity contribution is 7.86. The van der Waals surface area contributed by atoms with Crippen LogP contribution < -0.4 is 9.47 Å². The highest BCUT2D eigenvalue weighted by Crippen LogP contribution is 2.32. The number of rotatable bonds is 4. The molecule has 2 aliphatic heterocycles. The molecule has 3 rings (SSSR count). The fraction of sp³-hybridized carbons (Fsp3) is 0.438. The summed E-state index contributed by atoms with van der Waals surface area (Å²) in [6.07, 6.45) is 3.21. The summed E-state index contributed by atoms with van der Waals surface area (Å²) in [4.78, 5) is 13.9. The number of nitrogens with zero attached hydrogens (tertiary/aromatic N) is 3. The van der Waals surface area contributed by atoms with Crippen LogP contribution >= 0.6 is 0 Å². The van der Waals surface area contributed by atoms with Gasteiger partial charge in [0.2, 0.25) is 12.7 Å². The largest absolute Gasteiger partial charge is 0.454 e. The minimum Gasteiger partial charge on any atom is -0.454 e. The van der Waals surface area contributed by atoms with Gasteiger partial charge in [0, 0.05) is 46.4 Å². The van der Waals surface area contributed by atoms with E-state index in [-0.39, 0.29) is 12.7 Å². The van der Waals surface area contributed by atoms with E-state index < -0.39 is 10.2 Å². The lowest BCUT2D eigenvalue weighted by molar-refractivity contribution is -0.127. The van der Waals surface area contributed by atoms with E-state index in [4.69, 9.17) is 9.47 Å². The molecule has 1 aromatic rings. The van der Waals surface area contributed by atoms with Crippen LogP contribution in [-0.2, 0) is 15.0 Å². The summed E-state index contributed by atoms with van der Waals surface area (Å²) in [5, 5.41) is 0. The quantitative estimate of drug-likeness (QED) is 0.719. The lowest BCUT2D eigenvalue weighted by Crippen LogP contribution is -2.52. The van der Waals surface area contributed by atoms with Crippen molar-refractivity contribution in [1.29, 1.82) is 0 Å². The van der Waals surface area contributed by atoms with Gasteiger partial charge >= 0.3 is 0 Å². The van der Waals surface area contributed by atoms with Crippen LogP contribution in [0.4, 0.5) is 0 Å². The van der Waals surface area contributed by atoms with Crippen molar-refractivity contribution < 1.29 is 22.7 Å². The molecule has 1 aromatic carbocycles. The summed E-state index contributed by atoms with van der Waals surface area (Å²) in [5.74, 6) is 1.22. The first-order chi connectivity index (χ1) is 11.9. The molecule has 0 unspecified atom stereocenters. The smallest absolute Gasteiger partial charge is 0.281 e. The van der Waals surface area contributed by atoms with Gasteiger partial charge in [0.25, 0.3) is 10.2 Å². The number of carbonyl (C=O) groups excluding carboxylic acids is 1. The normalized spacial score (nSPS) is 18.3. The van der Waals surface area contributed by atoms with Crippen LogP contribution in [0.2, 0.25) is 0 Å². The Morgan fingerprint density at radius 1 is 1.12 bits per heavy atom. The van der Waals surface area contributed by atoms with E-state index in [9.17, 15) is 13.2 Å². The molecule has 136 valence electrons. The first kappa shape index (κ1) is 17.7. The van der Waals surface area contributed by atoms with Crippen LogP contribution in [0.5, 0.6) is 11.5 Å². The van der Waals surface area contributed by atoms with Crippen molar-refractivity contribution in [2.75, 3.05) is 47.1 Å². The predicted molar refractivity (Wildman–Crippen MR) is 92.4 cm³/mol. The molecule has 2 aliphatic rings. The highest BCUT2D eigenvalue weighted by Gasteiger charge is 2.29. The van der Waals surface area contributed by atoms with Crippen molar-refractivity contribution in [3.05, 3.63) is 29.8 Å². The van der Waals surface area contributed by atoms with Crippen LogP contribution in [0.25, 0.3) is 6.08 Å². The molecule has 0 bridgehead atoms. The van der Waals surface area contributed by atoms with E-state index in [0.717, 1.165) is 5.56 Å². The average Bonchev–Trinajstić information content (AvgIpc) is 3.07. The molecule has 8 nitrogen and oxygen atoms in total. The topological polar surface area (TPSA) is 79.4 Å². The van der Waals surface area contributed by atoms with E-state index >= 15 is 0 Å². The van der Waals surface area contributed by atoms with Crippen molar-refractivity contribution in [3.63, 3.8) is 0 Å². The lowest BCUT2D eigenvalue weighted by atomic mass is 10.2. The first-order valence-electron chi connectivity index (χ1n) is 7.92. The second-order valence-corrected chi connectivity index (χ2v) is 8.10. The third kappa shape index (κ3) is 3.78. The predicted octanol–water partition coefficient (Wildman–Crippen LogP) is 0.379. The van der Waals surface area contributed by atoms with E-state index in [2.05, 4.69) is 0 Å². The number of benzene rings is 1. The van der Waals surface area contributed by atoms with Crippen LogP contribution in [0.1, 0.15) is 5.56 Å². The zero-order valence-electron chi connectivity index (χ0n) is 14.2. The number of piperazine rings is 1.